The third-order valence-electron chi connectivity index (χ3n) is 3.85. The van der Waals surface area contributed by atoms with Crippen molar-refractivity contribution in [2.45, 2.75) is 24.5 Å². The monoisotopic (exact) mass is 301 g/mol. The van der Waals surface area contributed by atoms with Crippen LogP contribution < -0.4 is 10.6 Å². The zero-order valence-corrected chi connectivity index (χ0v) is 12.3. The predicted molar refractivity (Wildman–Crippen MR) is 73.8 cm³/mol. The number of aliphatic hydroxyl groups is 1. The second-order valence-electron chi connectivity index (χ2n) is 5.39. The lowest BCUT2D eigenvalue weighted by Gasteiger charge is -2.30. The molecule has 2 heterocycles. The van der Waals surface area contributed by atoms with Crippen LogP contribution in [0.4, 0.5) is 4.79 Å². The van der Waals surface area contributed by atoms with Crippen LogP contribution >= 0.6 is 0 Å². The molecule has 8 heteroatoms. The van der Waals surface area contributed by atoms with E-state index in [0.717, 1.165) is 4.90 Å². The number of nitrogens with zero attached hydrogens (tertiary/aromatic N) is 1. The summed E-state index contributed by atoms with van der Waals surface area (Å²) in [5.74, 6) is -0.258. The molecule has 21 heavy (non-hydrogen) atoms. The first-order valence-corrected chi connectivity index (χ1v) is 7.18. The Morgan fingerprint density at radius 1 is 1.48 bits per heavy atom. The summed E-state index contributed by atoms with van der Waals surface area (Å²) in [6.45, 7) is 2.36. The number of ether oxygens (including phenoxy) is 2. The smallest absolute Gasteiger partial charge is 0.325 e. The maximum atomic E-state index is 12.4. The Balaban J connectivity index is 1.85. The van der Waals surface area contributed by atoms with Gasteiger partial charge in [-0.25, -0.2) is 4.79 Å². The summed E-state index contributed by atoms with van der Waals surface area (Å²) in [6, 6.07) is -0.433. The minimum absolute atomic E-state index is 0.00669. The zero-order valence-electron chi connectivity index (χ0n) is 12.3. The Labute approximate surface area is 123 Å². The van der Waals surface area contributed by atoms with E-state index in [9.17, 15) is 14.7 Å². The third-order valence-corrected chi connectivity index (χ3v) is 3.85. The molecule has 3 N–H and O–H groups in total. The molecule has 2 rings (SSSR count). The van der Waals surface area contributed by atoms with Gasteiger partial charge in [0.25, 0.3) is 5.91 Å². The number of amides is 3. The SMILES string of the molecule is COCCNCC(O)CN1C(=O)NC2(CCOCC2)C1=O. The van der Waals surface area contributed by atoms with Crippen LogP contribution in [0.3, 0.4) is 0 Å². The van der Waals surface area contributed by atoms with Gasteiger partial charge in [0, 0.05) is 46.3 Å². The maximum absolute atomic E-state index is 12.4. The molecule has 0 bridgehead atoms. The van der Waals surface area contributed by atoms with E-state index < -0.39 is 17.7 Å². The van der Waals surface area contributed by atoms with E-state index in [4.69, 9.17) is 9.47 Å². The molecular formula is C13H23N3O5. The highest BCUT2D eigenvalue weighted by molar-refractivity contribution is 6.07. The van der Waals surface area contributed by atoms with Crippen LogP contribution in [0, 0.1) is 0 Å². The van der Waals surface area contributed by atoms with E-state index in [1.165, 1.54) is 0 Å². The van der Waals surface area contributed by atoms with E-state index in [0.29, 0.717) is 45.8 Å². The van der Waals surface area contributed by atoms with Crippen LogP contribution in [0.5, 0.6) is 0 Å². The summed E-state index contributed by atoms with van der Waals surface area (Å²) in [6.07, 6.45) is 0.165. The van der Waals surface area contributed by atoms with Crippen molar-refractivity contribution in [3.05, 3.63) is 0 Å². The van der Waals surface area contributed by atoms with Crippen molar-refractivity contribution < 1.29 is 24.2 Å². The molecule has 2 fully saturated rings. The number of carbonyl (C=O) groups excluding carboxylic acids is 2. The molecule has 3 amide bonds. The highest BCUT2D eigenvalue weighted by Gasteiger charge is 2.51. The van der Waals surface area contributed by atoms with Crippen LogP contribution in [0.2, 0.25) is 0 Å². The van der Waals surface area contributed by atoms with E-state index >= 15 is 0 Å². The first kappa shape index (κ1) is 16.2. The van der Waals surface area contributed by atoms with Gasteiger partial charge in [-0.05, 0) is 0 Å². The number of imide groups is 1. The van der Waals surface area contributed by atoms with Gasteiger partial charge in [0.05, 0.1) is 19.3 Å². The van der Waals surface area contributed by atoms with E-state index in [1.807, 2.05) is 0 Å². The standard InChI is InChI=1S/C13H23N3O5/c1-20-7-4-14-8-10(17)9-16-11(18)13(15-12(16)19)2-5-21-6-3-13/h10,14,17H,2-9H2,1H3,(H,15,19). The number of hydrogen-bond donors (Lipinski definition) is 3. The summed E-state index contributed by atoms with van der Waals surface area (Å²) < 4.78 is 10.1. The molecule has 2 aliphatic heterocycles. The van der Waals surface area contributed by atoms with E-state index in [1.54, 1.807) is 7.11 Å². The summed E-state index contributed by atoms with van der Waals surface area (Å²) in [7, 11) is 1.60. The summed E-state index contributed by atoms with van der Waals surface area (Å²) in [5, 5.41) is 15.7. The molecule has 1 atom stereocenters. The Bertz CT molecular complexity index is 384. The molecule has 0 aliphatic carbocycles. The van der Waals surface area contributed by atoms with Crippen molar-refractivity contribution in [1.82, 2.24) is 15.5 Å². The van der Waals surface area contributed by atoms with Gasteiger partial charge in [-0.3, -0.25) is 9.69 Å². The lowest BCUT2D eigenvalue weighted by molar-refractivity contribution is -0.135. The first-order valence-electron chi connectivity index (χ1n) is 7.18. The number of methoxy groups -OCH3 is 1. The molecule has 0 aromatic heterocycles. The number of carbonyl (C=O) groups is 2. The fraction of sp³-hybridized carbons (Fsp3) is 0.846. The Morgan fingerprint density at radius 2 is 2.19 bits per heavy atom. The fourth-order valence-electron chi connectivity index (χ4n) is 2.62. The van der Waals surface area contributed by atoms with Gasteiger partial charge < -0.3 is 25.2 Å². The topological polar surface area (TPSA) is 100 Å². The Morgan fingerprint density at radius 3 is 2.86 bits per heavy atom. The zero-order chi connectivity index (χ0) is 15.3. The fourth-order valence-corrected chi connectivity index (χ4v) is 2.62. The third kappa shape index (κ3) is 3.70. The average Bonchev–Trinajstić information content (AvgIpc) is 2.69. The van der Waals surface area contributed by atoms with E-state index in [-0.39, 0.29) is 12.5 Å². The Kier molecular flexibility index (Phi) is 5.51. The van der Waals surface area contributed by atoms with Crippen molar-refractivity contribution in [3.8, 4) is 0 Å². The summed E-state index contributed by atoms with van der Waals surface area (Å²) in [4.78, 5) is 25.5. The average molecular weight is 301 g/mol. The van der Waals surface area contributed by atoms with Crippen LogP contribution in [0.25, 0.3) is 0 Å². The molecule has 0 aromatic carbocycles. The molecule has 1 unspecified atom stereocenters. The van der Waals surface area contributed by atoms with Crippen molar-refractivity contribution in [3.63, 3.8) is 0 Å². The second-order valence-corrected chi connectivity index (χ2v) is 5.39. The van der Waals surface area contributed by atoms with Crippen molar-refractivity contribution in [1.29, 1.82) is 0 Å². The van der Waals surface area contributed by atoms with Gasteiger partial charge in [-0.15, -0.1) is 0 Å². The van der Waals surface area contributed by atoms with Crippen LogP contribution in [-0.2, 0) is 14.3 Å². The van der Waals surface area contributed by atoms with Crippen LogP contribution in [-0.4, -0.2) is 80.2 Å². The van der Waals surface area contributed by atoms with Crippen molar-refractivity contribution in [2.24, 2.45) is 0 Å². The normalized spacial score (nSPS) is 22.7. The number of urea groups is 1. The van der Waals surface area contributed by atoms with Crippen molar-refractivity contribution >= 4 is 11.9 Å². The molecule has 0 saturated carbocycles. The van der Waals surface area contributed by atoms with Gasteiger partial charge in [0.2, 0.25) is 0 Å². The van der Waals surface area contributed by atoms with Crippen LogP contribution in [0.15, 0.2) is 0 Å². The van der Waals surface area contributed by atoms with Gasteiger partial charge in [0.15, 0.2) is 0 Å². The molecule has 120 valence electrons. The molecule has 8 nitrogen and oxygen atoms in total. The summed E-state index contributed by atoms with van der Waals surface area (Å²) in [5.41, 5.74) is -0.835. The van der Waals surface area contributed by atoms with E-state index in [2.05, 4.69) is 10.6 Å². The Hall–Kier alpha value is -1.22. The van der Waals surface area contributed by atoms with Crippen LogP contribution in [0.1, 0.15) is 12.8 Å². The largest absolute Gasteiger partial charge is 0.390 e. The summed E-state index contributed by atoms with van der Waals surface area (Å²) >= 11 is 0. The van der Waals surface area contributed by atoms with Crippen molar-refractivity contribution in [2.75, 3.05) is 46.6 Å². The lowest BCUT2D eigenvalue weighted by atomic mass is 9.90. The quantitative estimate of drug-likeness (QED) is 0.398. The molecule has 0 aromatic rings. The number of nitrogens with one attached hydrogen (secondary N) is 2. The molecular weight excluding hydrogens is 278 g/mol. The minimum Gasteiger partial charge on any atom is -0.390 e. The number of aliphatic hydroxyl groups excluding tert-OH is 1. The highest BCUT2D eigenvalue weighted by Crippen LogP contribution is 2.28. The van der Waals surface area contributed by atoms with Gasteiger partial charge in [-0.2, -0.15) is 0 Å². The number of rotatable bonds is 7. The van der Waals surface area contributed by atoms with Gasteiger partial charge in [0.1, 0.15) is 5.54 Å². The minimum atomic E-state index is -0.835. The molecule has 0 radical (unpaired) electrons. The molecule has 2 saturated heterocycles. The first-order chi connectivity index (χ1) is 10.1. The molecule has 2 aliphatic rings. The van der Waals surface area contributed by atoms with Gasteiger partial charge in [-0.1, -0.05) is 0 Å². The lowest BCUT2D eigenvalue weighted by Crippen LogP contribution is -2.51. The highest BCUT2D eigenvalue weighted by atomic mass is 16.5. The molecule has 1 spiro atoms. The number of hydrogen-bond acceptors (Lipinski definition) is 6. The maximum Gasteiger partial charge on any atom is 0.325 e. The second kappa shape index (κ2) is 7.17. The predicted octanol–water partition coefficient (Wildman–Crippen LogP) is -1.32. The van der Waals surface area contributed by atoms with Gasteiger partial charge >= 0.3 is 6.03 Å². The number of β-amino-alcohol motifs (C(OH)–C–C–N with tert-alkyl or cyclic N) is 1.